The average Bonchev–Trinajstić information content (AvgIpc) is 3.35. The van der Waals surface area contributed by atoms with Crippen LogP contribution in [-0.4, -0.2) is 52.2 Å². The molecule has 8 heteroatoms. The molecule has 7 nitrogen and oxygen atoms in total. The minimum atomic E-state index is -2.09. The van der Waals surface area contributed by atoms with Crippen LogP contribution in [0.4, 0.5) is 17.6 Å². The third kappa shape index (κ3) is 3.87. The number of hydrogen-bond donors (Lipinski definition) is 2. The third-order valence-electron chi connectivity index (χ3n) is 5.07. The van der Waals surface area contributed by atoms with Gasteiger partial charge in [-0.15, -0.1) is 0 Å². The van der Waals surface area contributed by atoms with E-state index in [1.54, 1.807) is 6.20 Å². The maximum Gasteiger partial charge on any atom is 0.227 e. The molecule has 3 heterocycles. The Morgan fingerprint density at radius 3 is 2.88 bits per heavy atom. The molecule has 1 unspecified atom stereocenters. The zero-order valence-electron chi connectivity index (χ0n) is 14.8. The highest BCUT2D eigenvalue weighted by molar-refractivity contribution is 7.63. The van der Waals surface area contributed by atoms with Crippen LogP contribution in [0.5, 0.6) is 0 Å². The number of H-pyrrole nitrogens is 1. The molecule has 0 amide bonds. The van der Waals surface area contributed by atoms with E-state index >= 15 is 0 Å². The molecule has 2 aliphatic rings. The summed E-state index contributed by atoms with van der Waals surface area (Å²) in [5, 5.41) is 10.7. The molecule has 0 radical (unpaired) electrons. The van der Waals surface area contributed by atoms with E-state index in [4.69, 9.17) is 0 Å². The van der Waals surface area contributed by atoms with Crippen molar-refractivity contribution < 1.29 is 4.57 Å². The predicted molar refractivity (Wildman–Crippen MR) is 101 cm³/mol. The Balaban J connectivity index is 1.47. The summed E-state index contributed by atoms with van der Waals surface area (Å²) >= 11 is 0. The van der Waals surface area contributed by atoms with Gasteiger partial charge in [0.2, 0.25) is 5.95 Å². The Morgan fingerprint density at radius 1 is 1.28 bits per heavy atom. The van der Waals surface area contributed by atoms with Gasteiger partial charge >= 0.3 is 0 Å². The van der Waals surface area contributed by atoms with Gasteiger partial charge < -0.3 is 14.8 Å². The summed E-state index contributed by atoms with van der Waals surface area (Å²) < 4.78 is 12.4. The monoisotopic (exact) mass is 360 g/mol. The van der Waals surface area contributed by atoms with Crippen molar-refractivity contribution in [1.82, 2.24) is 20.2 Å². The quantitative estimate of drug-likeness (QED) is 0.795. The highest BCUT2D eigenvalue weighted by atomic mass is 31.2. The van der Waals surface area contributed by atoms with Gasteiger partial charge in [-0.1, -0.05) is 0 Å². The SMILES string of the molecule is CP(C)(=O)C1CCCN(c2nccc(Nc3cc(C4CC4)[nH]n3)n2)C1. The van der Waals surface area contributed by atoms with E-state index in [1.807, 2.05) is 19.4 Å². The van der Waals surface area contributed by atoms with Crippen LogP contribution >= 0.6 is 7.14 Å². The molecule has 4 rings (SSSR count). The summed E-state index contributed by atoms with van der Waals surface area (Å²) in [7, 11) is -2.09. The Labute approximate surface area is 148 Å². The first-order valence-electron chi connectivity index (χ1n) is 8.94. The fourth-order valence-electron chi connectivity index (χ4n) is 3.35. The highest BCUT2D eigenvalue weighted by Gasteiger charge is 2.30. The van der Waals surface area contributed by atoms with Gasteiger partial charge in [0.05, 0.1) is 7.14 Å². The van der Waals surface area contributed by atoms with Crippen molar-refractivity contribution >= 4 is 24.7 Å². The molecular formula is C17H25N6OP. The van der Waals surface area contributed by atoms with Gasteiger partial charge in [0.1, 0.15) is 5.82 Å². The van der Waals surface area contributed by atoms with Gasteiger partial charge in [0.25, 0.3) is 0 Å². The van der Waals surface area contributed by atoms with E-state index in [1.165, 1.54) is 18.5 Å². The van der Waals surface area contributed by atoms with Gasteiger partial charge in [-0.05, 0) is 45.1 Å². The lowest BCUT2D eigenvalue weighted by molar-refractivity contribution is 0.530. The van der Waals surface area contributed by atoms with Crippen molar-refractivity contribution in [3.8, 4) is 0 Å². The van der Waals surface area contributed by atoms with E-state index in [0.717, 1.165) is 37.6 Å². The van der Waals surface area contributed by atoms with Gasteiger partial charge in [-0.2, -0.15) is 10.1 Å². The minimum absolute atomic E-state index is 0.230. The molecule has 1 aliphatic carbocycles. The first kappa shape index (κ1) is 16.6. The van der Waals surface area contributed by atoms with Crippen LogP contribution in [0.1, 0.15) is 37.3 Å². The number of piperidine rings is 1. The lowest BCUT2D eigenvalue weighted by Crippen LogP contribution is -2.39. The van der Waals surface area contributed by atoms with Crippen molar-refractivity contribution in [2.24, 2.45) is 0 Å². The normalized spacial score (nSPS) is 21.4. The molecule has 0 bridgehead atoms. The molecular weight excluding hydrogens is 335 g/mol. The van der Waals surface area contributed by atoms with E-state index in [0.29, 0.717) is 11.9 Å². The van der Waals surface area contributed by atoms with E-state index in [9.17, 15) is 4.57 Å². The van der Waals surface area contributed by atoms with E-state index < -0.39 is 7.14 Å². The van der Waals surface area contributed by atoms with Crippen molar-refractivity contribution in [2.75, 3.05) is 36.6 Å². The fraction of sp³-hybridized carbons (Fsp3) is 0.588. The van der Waals surface area contributed by atoms with Crippen LogP contribution < -0.4 is 10.2 Å². The van der Waals surface area contributed by atoms with Crippen molar-refractivity contribution in [3.05, 3.63) is 24.0 Å². The first-order valence-corrected chi connectivity index (χ1v) is 11.6. The number of hydrogen-bond acceptors (Lipinski definition) is 6. The molecule has 1 aliphatic heterocycles. The van der Waals surface area contributed by atoms with Gasteiger partial charge in [-0.25, -0.2) is 4.98 Å². The molecule has 25 heavy (non-hydrogen) atoms. The minimum Gasteiger partial charge on any atom is -0.340 e. The molecule has 2 N–H and O–H groups in total. The number of aromatic nitrogens is 4. The van der Waals surface area contributed by atoms with Crippen molar-refractivity contribution in [2.45, 2.75) is 37.3 Å². The maximum atomic E-state index is 12.4. The second kappa shape index (κ2) is 6.45. The molecule has 0 aromatic carbocycles. The lowest BCUT2D eigenvalue weighted by atomic mass is 10.1. The molecule has 134 valence electrons. The molecule has 2 aromatic heterocycles. The van der Waals surface area contributed by atoms with Crippen LogP contribution in [0.3, 0.4) is 0 Å². The van der Waals surface area contributed by atoms with Crippen molar-refractivity contribution in [3.63, 3.8) is 0 Å². The summed E-state index contributed by atoms with van der Waals surface area (Å²) in [5.41, 5.74) is 1.42. The number of anilines is 3. The number of rotatable bonds is 5. The van der Waals surface area contributed by atoms with Crippen LogP contribution in [0.2, 0.25) is 0 Å². The van der Waals surface area contributed by atoms with Gasteiger partial charge in [-0.3, -0.25) is 5.10 Å². The highest BCUT2D eigenvalue weighted by Crippen LogP contribution is 2.46. The number of aromatic amines is 1. The molecule has 2 fully saturated rings. The Morgan fingerprint density at radius 2 is 2.12 bits per heavy atom. The molecule has 0 spiro atoms. The zero-order chi connectivity index (χ0) is 17.4. The van der Waals surface area contributed by atoms with E-state index in [2.05, 4.69) is 36.4 Å². The van der Waals surface area contributed by atoms with Crippen LogP contribution in [-0.2, 0) is 4.57 Å². The largest absolute Gasteiger partial charge is 0.340 e. The smallest absolute Gasteiger partial charge is 0.227 e. The average molecular weight is 360 g/mol. The summed E-state index contributed by atoms with van der Waals surface area (Å²) in [6, 6.07) is 3.90. The van der Waals surface area contributed by atoms with Gasteiger partial charge in [0, 0.05) is 42.6 Å². The van der Waals surface area contributed by atoms with Gasteiger partial charge in [0.15, 0.2) is 5.82 Å². The Hall–Kier alpha value is -1.88. The third-order valence-corrected chi connectivity index (χ3v) is 7.25. The predicted octanol–water partition coefficient (Wildman–Crippen LogP) is 3.41. The standard InChI is InChI=1S/C17H25N6OP/c1-25(2,24)13-4-3-9-23(11-13)17-18-8-7-15(20-17)19-16-10-14(21-22-16)12-5-6-12/h7-8,10,12-13H,3-6,9,11H2,1-2H3,(H2,18,19,20,21,22). The molecule has 1 atom stereocenters. The van der Waals surface area contributed by atoms with Crippen LogP contribution in [0.15, 0.2) is 18.3 Å². The topological polar surface area (TPSA) is 86.8 Å². The first-order chi connectivity index (χ1) is 12.0. The second-order valence-electron chi connectivity index (χ2n) is 7.53. The number of nitrogens with one attached hydrogen (secondary N) is 2. The van der Waals surface area contributed by atoms with E-state index in [-0.39, 0.29) is 5.66 Å². The lowest BCUT2D eigenvalue weighted by Gasteiger charge is -2.34. The summed E-state index contributed by atoms with van der Waals surface area (Å²) in [6.45, 7) is 5.44. The second-order valence-corrected chi connectivity index (χ2v) is 11.1. The van der Waals surface area contributed by atoms with Crippen LogP contribution in [0.25, 0.3) is 0 Å². The molecule has 1 saturated carbocycles. The zero-order valence-corrected chi connectivity index (χ0v) is 15.7. The molecule has 2 aromatic rings. The van der Waals surface area contributed by atoms with Crippen molar-refractivity contribution in [1.29, 1.82) is 0 Å². The molecule has 1 saturated heterocycles. The fourth-order valence-corrected chi connectivity index (χ4v) is 4.74. The summed E-state index contributed by atoms with van der Waals surface area (Å²) in [6.07, 6.45) is 6.31. The maximum absolute atomic E-state index is 12.4. The Bertz CT molecular complexity index is 796. The Kier molecular flexibility index (Phi) is 4.28. The summed E-state index contributed by atoms with van der Waals surface area (Å²) in [5.74, 6) is 2.86. The number of nitrogens with zero attached hydrogens (tertiary/aromatic N) is 4. The summed E-state index contributed by atoms with van der Waals surface area (Å²) in [4.78, 5) is 11.2. The van der Waals surface area contributed by atoms with Crippen LogP contribution in [0, 0.1) is 0 Å².